The third-order valence-electron chi connectivity index (χ3n) is 2.22. The van der Waals surface area contributed by atoms with E-state index in [1.807, 2.05) is 0 Å². The Morgan fingerprint density at radius 2 is 2.24 bits per heavy atom. The molecule has 0 radical (unpaired) electrons. The molecule has 1 amide bonds. The number of rotatable bonds is 4. The van der Waals surface area contributed by atoms with Crippen molar-refractivity contribution < 1.29 is 13.9 Å². The fraction of sp³-hybridized carbons (Fsp3) is 0.273. The maximum Gasteiger partial charge on any atom is 0.253 e. The van der Waals surface area contributed by atoms with E-state index in [-0.39, 0.29) is 16.5 Å². The number of nitrogens with two attached hydrogens (primary N) is 1. The largest absolute Gasteiger partial charge is 0.389 e. The summed E-state index contributed by atoms with van der Waals surface area (Å²) in [5, 5.41) is 2.57. The number of hydrogen-bond donors (Lipinski definition) is 2. The van der Waals surface area contributed by atoms with Crippen molar-refractivity contribution in [2.75, 3.05) is 12.4 Å². The third-order valence-corrected chi connectivity index (χ3v) is 2.44. The molecule has 17 heavy (non-hydrogen) atoms. The summed E-state index contributed by atoms with van der Waals surface area (Å²) in [6.07, 6.45) is -0.590. The Labute approximate surface area is 104 Å². The predicted octanol–water partition coefficient (Wildman–Crippen LogP) is 1.43. The van der Waals surface area contributed by atoms with Gasteiger partial charge in [0.05, 0.1) is 0 Å². The smallest absolute Gasteiger partial charge is 0.253 e. The summed E-state index contributed by atoms with van der Waals surface area (Å²) in [5.41, 5.74) is 5.87. The Kier molecular flexibility index (Phi) is 4.53. The van der Waals surface area contributed by atoms with Crippen LogP contribution in [0.5, 0.6) is 0 Å². The minimum absolute atomic E-state index is 0.0570. The van der Waals surface area contributed by atoms with Crippen molar-refractivity contribution in [1.82, 2.24) is 0 Å². The van der Waals surface area contributed by atoms with Crippen molar-refractivity contribution in [2.45, 2.75) is 13.0 Å². The minimum atomic E-state index is -0.590. The Morgan fingerprint density at radius 3 is 2.76 bits per heavy atom. The Balaban J connectivity index is 2.90. The average molecular weight is 256 g/mol. The highest BCUT2D eigenvalue weighted by Gasteiger charge is 2.13. The number of carbonyl (C=O) groups excluding carboxylic acids is 1. The zero-order valence-electron chi connectivity index (χ0n) is 9.49. The summed E-state index contributed by atoms with van der Waals surface area (Å²) >= 11 is 4.70. The van der Waals surface area contributed by atoms with Gasteiger partial charge in [0.25, 0.3) is 5.91 Å². The minimum Gasteiger partial charge on any atom is -0.389 e. The van der Waals surface area contributed by atoms with Gasteiger partial charge in [-0.2, -0.15) is 0 Å². The van der Waals surface area contributed by atoms with Crippen LogP contribution in [-0.2, 0) is 9.53 Å². The van der Waals surface area contributed by atoms with E-state index in [0.717, 1.165) is 0 Å². The van der Waals surface area contributed by atoms with Gasteiger partial charge < -0.3 is 15.8 Å². The lowest BCUT2D eigenvalue weighted by Gasteiger charge is -2.11. The first-order chi connectivity index (χ1) is 7.95. The first-order valence-corrected chi connectivity index (χ1v) is 5.29. The molecule has 0 spiro atoms. The van der Waals surface area contributed by atoms with Crippen molar-refractivity contribution in [3.63, 3.8) is 0 Å². The number of benzene rings is 1. The molecule has 92 valence electrons. The van der Waals surface area contributed by atoms with E-state index in [0.29, 0.717) is 5.69 Å². The van der Waals surface area contributed by atoms with E-state index in [4.69, 9.17) is 22.7 Å². The second-order valence-corrected chi connectivity index (χ2v) is 3.87. The second kappa shape index (κ2) is 5.70. The molecular formula is C11H13FN2O2S. The number of halogens is 1. The van der Waals surface area contributed by atoms with E-state index in [9.17, 15) is 9.18 Å². The van der Waals surface area contributed by atoms with Crippen molar-refractivity contribution in [3.05, 3.63) is 29.6 Å². The Bertz CT molecular complexity index is 451. The summed E-state index contributed by atoms with van der Waals surface area (Å²) in [4.78, 5) is 11.5. The molecule has 1 unspecified atom stereocenters. The molecule has 3 N–H and O–H groups in total. The van der Waals surface area contributed by atoms with Gasteiger partial charge in [0, 0.05) is 18.4 Å². The van der Waals surface area contributed by atoms with E-state index >= 15 is 0 Å². The number of amides is 1. The van der Waals surface area contributed by atoms with Gasteiger partial charge in [-0.15, -0.1) is 0 Å². The number of anilines is 1. The zero-order chi connectivity index (χ0) is 13.0. The molecule has 1 atom stereocenters. The van der Waals surface area contributed by atoms with Gasteiger partial charge in [-0.25, -0.2) is 4.39 Å². The van der Waals surface area contributed by atoms with Gasteiger partial charge in [-0.3, -0.25) is 4.79 Å². The van der Waals surface area contributed by atoms with E-state index in [2.05, 4.69) is 5.32 Å². The fourth-order valence-electron chi connectivity index (χ4n) is 1.14. The van der Waals surface area contributed by atoms with Gasteiger partial charge in [-0.1, -0.05) is 12.2 Å². The average Bonchev–Trinajstić information content (AvgIpc) is 2.30. The molecule has 1 aromatic rings. The lowest BCUT2D eigenvalue weighted by atomic mass is 10.2. The monoisotopic (exact) mass is 256 g/mol. The van der Waals surface area contributed by atoms with Gasteiger partial charge in [-0.05, 0) is 25.1 Å². The number of nitrogens with one attached hydrogen (secondary N) is 1. The van der Waals surface area contributed by atoms with Crippen LogP contribution in [0.25, 0.3) is 0 Å². The molecule has 0 aliphatic rings. The molecule has 0 saturated carbocycles. The summed E-state index contributed by atoms with van der Waals surface area (Å²) in [7, 11) is 1.43. The van der Waals surface area contributed by atoms with Crippen LogP contribution in [0.15, 0.2) is 18.2 Å². The Morgan fingerprint density at radius 1 is 1.59 bits per heavy atom. The quantitative estimate of drug-likeness (QED) is 0.800. The molecule has 0 aliphatic carbocycles. The SMILES string of the molecule is COC(C)C(=O)Nc1ccc(F)c(C(N)=S)c1. The summed E-state index contributed by atoms with van der Waals surface area (Å²) in [5.74, 6) is -0.844. The van der Waals surface area contributed by atoms with Crippen LogP contribution >= 0.6 is 12.2 Å². The zero-order valence-corrected chi connectivity index (χ0v) is 10.3. The van der Waals surface area contributed by atoms with Crippen LogP contribution in [0.4, 0.5) is 10.1 Å². The number of ether oxygens (including phenoxy) is 1. The van der Waals surface area contributed by atoms with Gasteiger partial charge in [0.1, 0.15) is 16.9 Å². The molecule has 6 heteroatoms. The summed E-state index contributed by atoms with van der Waals surface area (Å²) in [6, 6.07) is 4.01. The lowest BCUT2D eigenvalue weighted by molar-refractivity contribution is -0.124. The number of carbonyl (C=O) groups is 1. The highest BCUT2D eigenvalue weighted by Crippen LogP contribution is 2.15. The van der Waals surface area contributed by atoms with E-state index < -0.39 is 11.9 Å². The molecule has 0 aromatic heterocycles. The van der Waals surface area contributed by atoms with Crippen molar-refractivity contribution in [2.24, 2.45) is 5.73 Å². The molecule has 0 bridgehead atoms. The number of methoxy groups -OCH3 is 1. The van der Waals surface area contributed by atoms with Crippen molar-refractivity contribution >= 4 is 28.8 Å². The van der Waals surface area contributed by atoms with Crippen LogP contribution in [-0.4, -0.2) is 24.1 Å². The third kappa shape index (κ3) is 3.47. The topological polar surface area (TPSA) is 64.3 Å². The first kappa shape index (κ1) is 13.5. The maximum atomic E-state index is 13.3. The standard InChI is InChI=1S/C11H13FN2O2S/c1-6(16-2)11(15)14-7-3-4-9(12)8(5-7)10(13)17/h3-6H,1-2H3,(H2,13,17)(H,14,15). The van der Waals surface area contributed by atoms with Crippen LogP contribution < -0.4 is 11.1 Å². The van der Waals surface area contributed by atoms with Crippen LogP contribution in [0.2, 0.25) is 0 Å². The van der Waals surface area contributed by atoms with E-state index in [1.54, 1.807) is 6.92 Å². The predicted molar refractivity (Wildman–Crippen MR) is 67.4 cm³/mol. The first-order valence-electron chi connectivity index (χ1n) is 4.88. The van der Waals surface area contributed by atoms with Crippen LogP contribution in [0.3, 0.4) is 0 Å². The maximum absolute atomic E-state index is 13.3. The van der Waals surface area contributed by atoms with Gasteiger partial charge in [0.15, 0.2) is 0 Å². The molecule has 1 rings (SSSR count). The van der Waals surface area contributed by atoms with Gasteiger partial charge >= 0.3 is 0 Å². The number of thiocarbonyl (C=S) groups is 1. The molecular weight excluding hydrogens is 243 g/mol. The Hall–Kier alpha value is -1.53. The number of hydrogen-bond acceptors (Lipinski definition) is 3. The van der Waals surface area contributed by atoms with Gasteiger partial charge in [0.2, 0.25) is 0 Å². The molecule has 1 aromatic carbocycles. The normalized spacial score (nSPS) is 11.9. The molecule has 0 aliphatic heterocycles. The lowest BCUT2D eigenvalue weighted by Crippen LogP contribution is -2.26. The highest BCUT2D eigenvalue weighted by molar-refractivity contribution is 7.80. The van der Waals surface area contributed by atoms with Crippen LogP contribution in [0, 0.1) is 5.82 Å². The van der Waals surface area contributed by atoms with Crippen molar-refractivity contribution in [1.29, 1.82) is 0 Å². The fourth-order valence-corrected chi connectivity index (χ4v) is 1.30. The molecule has 4 nitrogen and oxygen atoms in total. The molecule has 0 saturated heterocycles. The molecule has 0 fully saturated rings. The molecule has 0 heterocycles. The van der Waals surface area contributed by atoms with Crippen molar-refractivity contribution in [3.8, 4) is 0 Å². The second-order valence-electron chi connectivity index (χ2n) is 3.43. The highest BCUT2D eigenvalue weighted by atomic mass is 32.1. The van der Waals surface area contributed by atoms with Crippen LogP contribution in [0.1, 0.15) is 12.5 Å². The summed E-state index contributed by atoms with van der Waals surface area (Å²) < 4.78 is 18.1. The summed E-state index contributed by atoms with van der Waals surface area (Å²) in [6.45, 7) is 1.60. The van der Waals surface area contributed by atoms with E-state index in [1.165, 1.54) is 25.3 Å².